The van der Waals surface area contributed by atoms with E-state index in [0.717, 1.165) is 42.9 Å². The molecule has 0 spiro atoms. The van der Waals surface area contributed by atoms with E-state index in [-0.39, 0.29) is 24.0 Å². The van der Waals surface area contributed by atoms with E-state index in [9.17, 15) is 8.42 Å². The van der Waals surface area contributed by atoms with Gasteiger partial charge in [0.05, 0.1) is 11.4 Å². The fourth-order valence-electron chi connectivity index (χ4n) is 3.49. The van der Waals surface area contributed by atoms with Crippen LogP contribution in [-0.4, -0.2) is 44.8 Å². The van der Waals surface area contributed by atoms with Crippen molar-refractivity contribution in [3.05, 3.63) is 53.7 Å². The number of halogens is 1. The second-order valence-corrected chi connectivity index (χ2v) is 9.83. The molecule has 176 valence electrons. The Bertz CT molecular complexity index is 958. The predicted octanol–water partition coefficient (Wildman–Crippen LogP) is 3.72. The minimum absolute atomic E-state index is 0. The fourth-order valence-corrected chi connectivity index (χ4v) is 4.12. The van der Waals surface area contributed by atoms with Crippen molar-refractivity contribution < 1.29 is 13.2 Å². The number of nitrogens with one attached hydrogen (secondary N) is 2. The van der Waals surface area contributed by atoms with Crippen molar-refractivity contribution in [2.75, 3.05) is 19.3 Å². The normalized spacial score (nSPS) is 14.6. The molecule has 2 aromatic rings. The van der Waals surface area contributed by atoms with Crippen LogP contribution in [0.1, 0.15) is 43.7 Å². The molecule has 0 radical (unpaired) electrons. The van der Waals surface area contributed by atoms with Gasteiger partial charge in [-0.1, -0.05) is 18.2 Å². The van der Waals surface area contributed by atoms with Gasteiger partial charge in [0.1, 0.15) is 6.10 Å². The molecule has 7 nitrogen and oxygen atoms in total. The lowest BCUT2D eigenvalue weighted by molar-refractivity contribution is 0.201. The average Bonchev–Trinajstić information content (AvgIpc) is 3.26. The monoisotopic (exact) mass is 572 g/mol. The zero-order valence-corrected chi connectivity index (χ0v) is 21.9. The van der Waals surface area contributed by atoms with Crippen molar-refractivity contribution in [1.29, 1.82) is 0 Å². The number of ether oxygens (including phenoxy) is 1. The van der Waals surface area contributed by atoms with Gasteiger partial charge in [-0.15, -0.1) is 24.0 Å². The standard InChI is InChI=1S/C23H32N4O3S.HI/c1-3-24-23(25-15-14-18-8-11-21(12-9-18)31(2,28)29)27-17-19-10-13-22(26-16-19)30-20-6-4-5-7-20;/h8-13,16,20H,3-7,14-15,17H2,1-2H3,(H2,24,25,27);1H. The van der Waals surface area contributed by atoms with E-state index in [2.05, 4.69) is 20.6 Å². The van der Waals surface area contributed by atoms with Gasteiger partial charge in [0.15, 0.2) is 15.8 Å². The molecular formula is C23H33IN4O3S. The first-order valence-corrected chi connectivity index (χ1v) is 12.8. The largest absolute Gasteiger partial charge is 0.474 e. The number of benzene rings is 1. The van der Waals surface area contributed by atoms with Gasteiger partial charge in [0.25, 0.3) is 0 Å². The highest BCUT2D eigenvalue weighted by molar-refractivity contribution is 14.0. The molecule has 32 heavy (non-hydrogen) atoms. The molecule has 1 aromatic carbocycles. The quantitative estimate of drug-likeness (QED) is 0.271. The van der Waals surface area contributed by atoms with Gasteiger partial charge in [-0.3, -0.25) is 0 Å². The van der Waals surface area contributed by atoms with Crippen LogP contribution in [0.5, 0.6) is 5.88 Å². The first-order chi connectivity index (χ1) is 14.9. The molecule has 1 fully saturated rings. The Labute approximate surface area is 208 Å². The lowest BCUT2D eigenvalue weighted by Crippen LogP contribution is -2.38. The van der Waals surface area contributed by atoms with Crippen LogP contribution in [0.2, 0.25) is 0 Å². The highest BCUT2D eigenvalue weighted by Crippen LogP contribution is 2.22. The van der Waals surface area contributed by atoms with Gasteiger partial charge in [-0.2, -0.15) is 0 Å². The average molecular weight is 573 g/mol. The van der Waals surface area contributed by atoms with Crippen LogP contribution in [0.4, 0.5) is 0 Å². The predicted molar refractivity (Wildman–Crippen MR) is 139 cm³/mol. The molecular weight excluding hydrogens is 539 g/mol. The second-order valence-electron chi connectivity index (χ2n) is 7.82. The van der Waals surface area contributed by atoms with E-state index in [1.807, 2.05) is 37.4 Å². The number of hydrogen-bond acceptors (Lipinski definition) is 5. The third-order valence-electron chi connectivity index (χ3n) is 5.21. The highest BCUT2D eigenvalue weighted by Gasteiger charge is 2.16. The van der Waals surface area contributed by atoms with Crippen LogP contribution in [0, 0.1) is 0 Å². The number of hydrogen-bond donors (Lipinski definition) is 2. The van der Waals surface area contributed by atoms with Crippen LogP contribution >= 0.6 is 24.0 Å². The molecule has 0 saturated heterocycles. The van der Waals surface area contributed by atoms with E-state index in [1.54, 1.807) is 12.1 Å². The van der Waals surface area contributed by atoms with Crippen LogP contribution in [0.3, 0.4) is 0 Å². The third kappa shape index (κ3) is 8.57. The molecule has 9 heteroatoms. The van der Waals surface area contributed by atoms with E-state index in [0.29, 0.717) is 30.0 Å². The topological polar surface area (TPSA) is 92.7 Å². The number of aliphatic imine (C=N–C) groups is 1. The number of sulfone groups is 1. The van der Waals surface area contributed by atoms with Gasteiger partial charge in [0.2, 0.25) is 5.88 Å². The van der Waals surface area contributed by atoms with Gasteiger partial charge in [-0.25, -0.2) is 18.4 Å². The first-order valence-electron chi connectivity index (χ1n) is 10.9. The third-order valence-corrected chi connectivity index (χ3v) is 6.34. The molecule has 1 heterocycles. The van der Waals surface area contributed by atoms with Crippen molar-refractivity contribution in [3.63, 3.8) is 0 Å². The van der Waals surface area contributed by atoms with Crippen molar-refractivity contribution in [1.82, 2.24) is 15.6 Å². The van der Waals surface area contributed by atoms with Crippen molar-refractivity contribution in [2.45, 2.75) is 56.6 Å². The first kappa shape index (κ1) is 26.4. The zero-order chi connectivity index (χ0) is 22.1. The van der Waals surface area contributed by atoms with E-state index < -0.39 is 9.84 Å². The van der Waals surface area contributed by atoms with Gasteiger partial charge in [-0.05, 0) is 62.3 Å². The van der Waals surface area contributed by atoms with Gasteiger partial charge < -0.3 is 15.4 Å². The van der Waals surface area contributed by atoms with Crippen molar-refractivity contribution >= 4 is 39.8 Å². The molecule has 1 aliphatic rings. The van der Waals surface area contributed by atoms with Crippen molar-refractivity contribution in [2.24, 2.45) is 4.99 Å². The maximum atomic E-state index is 11.6. The van der Waals surface area contributed by atoms with Crippen molar-refractivity contribution in [3.8, 4) is 5.88 Å². The molecule has 1 saturated carbocycles. The Morgan fingerprint density at radius 2 is 1.78 bits per heavy atom. The van der Waals surface area contributed by atoms with Crippen LogP contribution < -0.4 is 15.4 Å². The lowest BCUT2D eigenvalue weighted by Gasteiger charge is -2.13. The van der Waals surface area contributed by atoms with E-state index >= 15 is 0 Å². The Balaban J connectivity index is 0.00000363. The van der Waals surface area contributed by atoms with Gasteiger partial charge >= 0.3 is 0 Å². The summed E-state index contributed by atoms with van der Waals surface area (Å²) in [5, 5.41) is 6.56. The molecule has 0 unspecified atom stereocenters. The zero-order valence-electron chi connectivity index (χ0n) is 18.7. The molecule has 0 amide bonds. The summed E-state index contributed by atoms with van der Waals surface area (Å²) in [5.41, 5.74) is 2.09. The number of pyridine rings is 1. The number of aromatic nitrogens is 1. The molecule has 0 bridgehead atoms. The Kier molecular flexibility index (Phi) is 10.7. The van der Waals surface area contributed by atoms with Crippen LogP contribution in [0.25, 0.3) is 0 Å². The summed E-state index contributed by atoms with van der Waals surface area (Å²) in [6.45, 7) is 4.00. The SMILES string of the molecule is CCNC(=NCc1ccc(OC2CCCC2)nc1)NCCc1ccc(S(C)(=O)=O)cc1.I. The Hall–Kier alpha value is -1.88. The summed E-state index contributed by atoms with van der Waals surface area (Å²) in [6, 6.07) is 10.9. The Morgan fingerprint density at radius 3 is 2.38 bits per heavy atom. The van der Waals surface area contributed by atoms with Crippen LogP contribution in [-0.2, 0) is 22.8 Å². The molecule has 0 aliphatic heterocycles. The summed E-state index contributed by atoms with van der Waals surface area (Å²) in [7, 11) is -3.16. The molecule has 1 aromatic heterocycles. The van der Waals surface area contributed by atoms with Gasteiger partial charge in [0, 0.05) is 31.6 Å². The summed E-state index contributed by atoms with van der Waals surface area (Å²) in [5.74, 6) is 1.42. The molecule has 1 aliphatic carbocycles. The second kappa shape index (κ2) is 13.0. The minimum atomic E-state index is -3.16. The molecule has 2 N–H and O–H groups in total. The highest BCUT2D eigenvalue weighted by atomic mass is 127. The fraction of sp³-hybridized carbons (Fsp3) is 0.478. The van der Waals surface area contributed by atoms with Crippen LogP contribution in [0.15, 0.2) is 52.5 Å². The number of nitrogens with zero attached hydrogens (tertiary/aromatic N) is 2. The summed E-state index contributed by atoms with van der Waals surface area (Å²) in [4.78, 5) is 9.39. The maximum absolute atomic E-state index is 11.6. The molecule has 0 atom stereocenters. The number of rotatable bonds is 9. The van der Waals surface area contributed by atoms with E-state index in [4.69, 9.17) is 4.74 Å². The lowest BCUT2D eigenvalue weighted by atomic mass is 10.1. The smallest absolute Gasteiger partial charge is 0.213 e. The maximum Gasteiger partial charge on any atom is 0.213 e. The summed E-state index contributed by atoms with van der Waals surface area (Å²) in [6.07, 6.45) is 8.83. The van der Waals surface area contributed by atoms with E-state index in [1.165, 1.54) is 19.1 Å². The summed E-state index contributed by atoms with van der Waals surface area (Å²) < 4.78 is 29.0. The Morgan fingerprint density at radius 1 is 1.09 bits per heavy atom. The summed E-state index contributed by atoms with van der Waals surface area (Å²) >= 11 is 0. The number of guanidine groups is 1. The minimum Gasteiger partial charge on any atom is -0.474 e. The molecule has 3 rings (SSSR count).